The first-order valence-corrected chi connectivity index (χ1v) is 7.12. The first-order valence-electron chi connectivity index (χ1n) is 6.74. The minimum atomic E-state index is -1.11. The van der Waals surface area contributed by atoms with Gasteiger partial charge in [0.15, 0.2) is 0 Å². The SMILES string of the molecule is O=C(Nc1ccc(C(=O)O)c(Cl)c1)NC1CCC(O)CC1. The van der Waals surface area contributed by atoms with Gasteiger partial charge in [0, 0.05) is 11.7 Å². The highest BCUT2D eigenvalue weighted by Crippen LogP contribution is 2.21. The highest BCUT2D eigenvalue weighted by atomic mass is 35.5. The van der Waals surface area contributed by atoms with E-state index < -0.39 is 5.97 Å². The Morgan fingerprint density at radius 2 is 1.86 bits per heavy atom. The number of carbonyl (C=O) groups excluding carboxylic acids is 1. The summed E-state index contributed by atoms with van der Waals surface area (Å²) in [6.07, 6.45) is 2.59. The quantitative estimate of drug-likeness (QED) is 0.689. The summed E-state index contributed by atoms with van der Waals surface area (Å²) in [5, 5.41) is 23.8. The number of nitrogens with one attached hydrogen (secondary N) is 2. The van der Waals surface area contributed by atoms with E-state index in [4.69, 9.17) is 16.7 Å². The number of aromatic carboxylic acids is 1. The summed E-state index contributed by atoms with van der Waals surface area (Å²) in [4.78, 5) is 22.7. The minimum Gasteiger partial charge on any atom is -0.478 e. The van der Waals surface area contributed by atoms with E-state index in [1.54, 1.807) is 0 Å². The van der Waals surface area contributed by atoms with Crippen LogP contribution in [0.4, 0.5) is 10.5 Å². The number of carboxylic acid groups (broad SMARTS) is 1. The highest BCUT2D eigenvalue weighted by molar-refractivity contribution is 6.33. The predicted molar refractivity (Wildman–Crippen MR) is 78.8 cm³/mol. The van der Waals surface area contributed by atoms with Crippen LogP contribution in [0.25, 0.3) is 0 Å². The third-order valence-electron chi connectivity index (χ3n) is 3.49. The number of aliphatic hydroxyl groups excluding tert-OH is 1. The first kappa shape index (κ1) is 15.6. The molecule has 1 aliphatic carbocycles. The zero-order valence-corrected chi connectivity index (χ0v) is 12.1. The van der Waals surface area contributed by atoms with Crippen LogP contribution in [-0.4, -0.2) is 34.4 Å². The molecule has 0 saturated heterocycles. The molecule has 0 bridgehead atoms. The van der Waals surface area contributed by atoms with Gasteiger partial charge in [0.05, 0.1) is 16.7 Å². The van der Waals surface area contributed by atoms with Crippen LogP contribution in [0, 0.1) is 0 Å². The molecule has 0 aromatic heterocycles. The Morgan fingerprint density at radius 3 is 2.43 bits per heavy atom. The molecule has 1 fully saturated rings. The zero-order chi connectivity index (χ0) is 15.4. The molecule has 0 heterocycles. The van der Waals surface area contributed by atoms with Crippen LogP contribution in [0.15, 0.2) is 18.2 Å². The molecule has 1 aromatic carbocycles. The van der Waals surface area contributed by atoms with Crippen molar-refractivity contribution in [3.8, 4) is 0 Å². The molecule has 0 spiro atoms. The zero-order valence-electron chi connectivity index (χ0n) is 11.3. The van der Waals surface area contributed by atoms with E-state index in [1.165, 1.54) is 18.2 Å². The average molecular weight is 313 g/mol. The number of carbonyl (C=O) groups is 2. The smallest absolute Gasteiger partial charge is 0.337 e. The van der Waals surface area contributed by atoms with Gasteiger partial charge in [0.1, 0.15) is 0 Å². The molecule has 2 amide bonds. The Hall–Kier alpha value is -1.79. The largest absolute Gasteiger partial charge is 0.478 e. The van der Waals surface area contributed by atoms with Crippen molar-refractivity contribution in [1.82, 2.24) is 5.32 Å². The molecular weight excluding hydrogens is 296 g/mol. The Balaban J connectivity index is 1.91. The molecule has 21 heavy (non-hydrogen) atoms. The number of rotatable bonds is 3. The fourth-order valence-corrected chi connectivity index (χ4v) is 2.60. The van der Waals surface area contributed by atoms with Crippen molar-refractivity contribution in [3.63, 3.8) is 0 Å². The number of benzene rings is 1. The minimum absolute atomic E-state index is 0.0103. The van der Waals surface area contributed by atoms with Crippen molar-refractivity contribution in [2.24, 2.45) is 0 Å². The second-order valence-electron chi connectivity index (χ2n) is 5.10. The molecule has 1 aliphatic rings. The molecule has 0 atom stereocenters. The molecule has 6 nitrogen and oxygen atoms in total. The van der Waals surface area contributed by atoms with Crippen molar-refractivity contribution in [3.05, 3.63) is 28.8 Å². The second kappa shape index (κ2) is 6.78. The molecule has 2 rings (SSSR count). The lowest BCUT2D eigenvalue weighted by Crippen LogP contribution is -2.40. The Morgan fingerprint density at radius 1 is 1.19 bits per heavy atom. The maximum absolute atomic E-state index is 11.8. The topological polar surface area (TPSA) is 98.7 Å². The third kappa shape index (κ3) is 4.34. The summed E-state index contributed by atoms with van der Waals surface area (Å²) in [6.45, 7) is 0. The number of urea groups is 1. The van der Waals surface area contributed by atoms with Gasteiger partial charge in [-0.3, -0.25) is 0 Å². The molecule has 1 saturated carbocycles. The molecule has 0 aliphatic heterocycles. The van der Waals surface area contributed by atoms with Crippen molar-refractivity contribution < 1.29 is 19.8 Å². The summed E-state index contributed by atoms with van der Waals surface area (Å²) in [5.41, 5.74) is 0.419. The third-order valence-corrected chi connectivity index (χ3v) is 3.80. The molecule has 4 N–H and O–H groups in total. The second-order valence-corrected chi connectivity index (χ2v) is 5.51. The summed E-state index contributed by atoms with van der Waals surface area (Å²) >= 11 is 5.84. The standard InChI is InChI=1S/C14H17ClN2O4/c15-12-7-9(3-6-11(12)13(19)20)17-14(21)16-8-1-4-10(18)5-2-8/h3,6-8,10,18H,1-2,4-5H2,(H,19,20)(H2,16,17,21). The number of halogens is 1. The Labute approximate surface area is 127 Å². The van der Waals surface area contributed by atoms with Gasteiger partial charge in [-0.2, -0.15) is 0 Å². The normalized spacial score (nSPS) is 21.6. The van der Waals surface area contributed by atoms with Crippen LogP contribution in [-0.2, 0) is 0 Å². The van der Waals surface area contributed by atoms with Crippen LogP contribution in [0.1, 0.15) is 36.0 Å². The highest BCUT2D eigenvalue weighted by Gasteiger charge is 2.20. The number of hydrogen-bond acceptors (Lipinski definition) is 3. The average Bonchev–Trinajstić information content (AvgIpc) is 2.41. The first-order chi connectivity index (χ1) is 9.95. The van der Waals surface area contributed by atoms with Crippen LogP contribution in [0.3, 0.4) is 0 Å². The van der Waals surface area contributed by atoms with E-state index in [9.17, 15) is 14.7 Å². The molecular formula is C14H17ClN2O4. The van der Waals surface area contributed by atoms with Gasteiger partial charge in [-0.1, -0.05) is 11.6 Å². The number of aliphatic hydroxyl groups is 1. The summed E-state index contributed by atoms with van der Waals surface area (Å²) < 4.78 is 0. The van der Waals surface area contributed by atoms with E-state index >= 15 is 0 Å². The maximum atomic E-state index is 11.8. The molecule has 0 radical (unpaired) electrons. The number of anilines is 1. The summed E-state index contributed by atoms with van der Waals surface area (Å²) in [7, 11) is 0. The van der Waals surface area contributed by atoms with Gasteiger partial charge in [0.2, 0.25) is 0 Å². The van der Waals surface area contributed by atoms with Crippen LogP contribution < -0.4 is 10.6 Å². The van der Waals surface area contributed by atoms with Crippen molar-refractivity contribution in [1.29, 1.82) is 0 Å². The maximum Gasteiger partial charge on any atom is 0.337 e. The Kier molecular flexibility index (Phi) is 5.03. The molecule has 1 aromatic rings. The summed E-state index contributed by atoms with van der Waals surface area (Å²) in [5.74, 6) is -1.11. The van der Waals surface area contributed by atoms with Gasteiger partial charge in [-0.25, -0.2) is 9.59 Å². The fourth-order valence-electron chi connectivity index (χ4n) is 2.34. The van der Waals surface area contributed by atoms with Crippen molar-refractivity contribution in [2.45, 2.75) is 37.8 Å². The number of hydrogen-bond donors (Lipinski definition) is 4. The van der Waals surface area contributed by atoms with Gasteiger partial charge in [0.25, 0.3) is 0 Å². The lowest BCUT2D eigenvalue weighted by Gasteiger charge is -2.26. The van der Waals surface area contributed by atoms with E-state index in [0.29, 0.717) is 18.5 Å². The predicted octanol–water partition coefficient (Wildman–Crippen LogP) is 2.46. The van der Waals surface area contributed by atoms with Crippen LogP contribution in [0.2, 0.25) is 5.02 Å². The van der Waals surface area contributed by atoms with E-state index in [2.05, 4.69) is 10.6 Å². The fraction of sp³-hybridized carbons (Fsp3) is 0.429. The summed E-state index contributed by atoms with van der Waals surface area (Å²) in [6, 6.07) is 3.91. The van der Waals surface area contributed by atoms with Crippen LogP contribution >= 0.6 is 11.6 Å². The van der Waals surface area contributed by atoms with Gasteiger partial charge < -0.3 is 20.8 Å². The number of carboxylic acids is 1. The van der Waals surface area contributed by atoms with E-state index in [-0.39, 0.29) is 28.8 Å². The van der Waals surface area contributed by atoms with Gasteiger partial charge >= 0.3 is 12.0 Å². The lowest BCUT2D eigenvalue weighted by molar-refractivity contribution is 0.0697. The van der Waals surface area contributed by atoms with E-state index in [0.717, 1.165) is 12.8 Å². The monoisotopic (exact) mass is 312 g/mol. The van der Waals surface area contributed by atoms with Gasteiger partial charge in [-0.15, -0.1) is 0 Å². The van der Waals surface area contributed by atoms with Crippen molar-refractivity contribution in [2.75, 3.05) is 5.32 Å². The Bertz CT molecular complexity index is 542. The lowest BCUT2D eigenvalue weighted by atomic mass is 9.93. The molecule has 114 valence electrons. The van der Waals surface area contributed by atoms with E-state index in [1.807, 2.05) is 0 Å². The molecule has 7 heteroatoms. The van der Waals surface area contributed by atoms with Gasteiger partial charge in [-0.05, 0) is 43.9 Å². The molecule has 0 unspecified atom stereocenters. The number of amides is 2. The van der Waals surface area contributed by atoms with Crippen LogP contribution in [0.5, 0.6) is 0 Å². The van der Waals surface area contributed by atoms with Crippen molar-refractivity contribution >= 4 is 29.3 Å².